The molecule has 7 unspecified atom stereocenters. The van der Waals surface area contributed by atoms with Gasteiger partial charge in [0.1, 0.15) is 11.7 Å². The smallest absolute Gasteiger partial charge is 0.311 e. The van der Waals surface area contributed by atoms with Crippen LogP contribution in [0.2, 0.25) is 0 Å². The highest BCUT2D eigenvalue weighted by atomic mass is 16.7. The van der Waals surface area contributed by atoms with Crippen molar-refractivity contribution in [2.45, 2.75) is 56.8 Å². The molecule has 5 heteroatoms. The van der Waals surface area contributed by atoms with Gasteiger partial charge in [0.05, 0.1) is 24.7 Å². The normalized spacial score (nSPS) is 53.8. The van der Waals surface area contributed by atoms with Crippen molar-refractivity contribution in [2.24, 2.45) is 23.7 Å². The summed E-state index contributed by atoms with van der Waals surface area (Å²) in [6, 6.07) is 0. The molecule has 3 saturated heterocycles. The van der Waals surface area contributed by atoms with Gasteiger partial charge in [-0.15, -0.1) is 0 Å². The lowest BCUT2D eigenvalue weighted by atomic mass is 9.55. The third-order valence-corrected chi connectivity index (χ3v) is 7.65. The number of hydrogen-bond donors (Lipinski definition) is 0. The van der Waals surface area contributed by atoms with Gasteiger partial charge in [-0.3, -0.25) is 9.69 Å². The third kappa shape index (κ3) is 2.01. The maximum Gasteiger partial charge on any atom is 0.311 e. The van der Waals surface area contributed by atoms with E-state index >= 15 is 0 Å². The highest BCUT2D eigenvalue weighted by molar-refractivity contribution is 5.77. The molecule has 5 fully saturated rings. The average Bonchev–Trinajstić information content (AvgIpc) is 3.20. The van der Waals surface area contributed by atoms with Crippen LogP contribution in [0.3, 0.4) is 0 Å². The molecule has 7 atom stereocenters. The van der Waals surface area contributed by atoms with Crippen LogP contribution in [0.4, 0.5) is 0 Å². The zero-order valence-electron chi connectivity index (χ0n) is 14.8. The Bertz CT molecular complexity index is 547. The summed E-state index contributed by atoms with van der Waals surface area (Å²) in [5.41, 5.74) is -0.376. The monoisotopic (exact) mass is 335 g/mol. The molecule has 3 heterocycles. The molecule has 5 nitrogen and oxygen atoms in total. The fourth-order valence-electron chi connectivity index (χ4n) is 6.32. The Hall–Kier alpha value is -0.650. The van der Waals surface area contributed by atoms with E-state index in [0.717, 1.165) is 52.1 Å². The Morgan fingerprint density at radius 2 is 1.96 bits per heavy atom. The number of hydrogen-bond acceptors (Lipinski definition) is 5. The van der Waals surface area contributed by atoms with Crippen molar-refractivity contribution in [1.82, 2.24) is 4.90 Å². The molecule has 0 aromatic heterocycles. The molecule has 3 aliphatic heterocycles. The van der Waals surface area contributed by atoms with E-state index in [9.17, 15) is 4.79 Å². The van der Waals surface area contributed by atoms with E-state index in [0.29, 0.717) is 17.8 Å². The maximum absolute atomic E-state index is 12.9. The molecule has 0 amide bonds. The number of ether oxygens (including phenoxy) is 3. The molecule has 0 aromatic carbocycles. The van der Waals surface area contributed by atoms with Crippen molar-refractivity contribution in [3.05, 3.63) is 0 Å². The molecule has 1 spiro atoms. The van der Waals surface area contributed by atoms with Crippen LogP contribution in [-0.2, 0) is 19.0 Å². The first-order valence-electron chi connectivity index (χ1n) is 9.75. The summed E-state index contributed by atoms with van der Waals surface area (Å²) in [6.45, 7) is 8.81. The molecular weight excluding hydrogens is 306 g/mol. The molecule has 5 rings (SSSR count). The number of morpholine rings is 1. The molecule has 24 heavy (non-hydrogen) atoms. The van der Waals surface area contributed by atoms with E-state index in [-0.39, 0.29) is 29.2 Å². The minimum Gasteiger partial charge on any atom is -0.455 e. The Balaban J connectivity index is 1.45. The van der Waals surface area contributed by atoms with Gasteiger partial charge in [-0.25, -0.2) is 0 Å². The van der Waals surface area contributed by atoms with Crippen LogP contribution >= 0.6 is 0 Å². The number of carbonyl (C=O) groups is 1. The molecular formula is C19H29NO4. The van der Waals surface area contributed by atoms with Crippen molar-refractivity contribution in [2.75, 3.05) is 32.8 Å². The molecule has 0 bridgehead atoms. The second-order valence-electron chi connectivity index (χ2n) is 8.91. The van der Waals surface area contributed by atoms with Crippen LogP contribution < -0.4 is 0 Å². The van der Waals surface area contributed by atoms with E-state index in [2.05, 4.69) is 18.7 Å². The van der Waals surface area contributed by atoms with E-state index < -0.39 is 0 Å². The minimum atomic E-state index is -0.335. The number of nitrogens with zero attached hydrogens (tertiary/aromatic N) is 1. The van der Waals surface area contributed by atoms with Gasteiger partial charge in [-0.1, -0.05) is 6.92 Å². The lowest BCUT2D eigenvalue weighted by Gasteiger charge is -2.50. The summed E-state index contributed by atoms with van der Waals surface area (Å²) in [4.78, 5) is 15.3. The van der Waals surface area contributed by atoms with Crippen LogP contribution in [0, 0.1) is 23.7 Å². The van der Waals surface area contributed by atoms with Gasteiger partial charge >= 0.3 is 5.97 Å². The standard InChI is InChI=1S/C19H29NO4/c1-12-3-4-15-13(11-20-7-9-22-10-8-20)16(21)23-19(15)14(12)5-6-18(2)17(19)24-18/h12-15,17H,3-11H2,1-2H3. The van der Waals surface area contributed by atoms with Crippen LogP contribution in [0.25, 0.3) is 0 Å². The SMILES string of the molecule is CC1CCC2C(CN3CCOCC3)C(=O)OC23C1CCC1(C)OC13. The summed E-state index contributed by atoms with van der Waals surface area (Å²) in [5, 5.41) is 0. The first-order valence-corrected chi connectivity index (χ1v) is 9.75. The van der Waals surface area contributed by atoms with Crippen LogP contribution in [0.1, 0.15) is 39.5 Å². The van der Waals surface area contributed by atoms with Gasteiger partial charge in [-0.05, 0) is 38.5 Å². The Labute approximate surface area is 144 Å². The maximum atomic E-state index is 12.9. The molecule has 2 aliphatic carbocycles. The highest BCUT2D eigenvalue weighted by Gasteiger charge is 2.77. The Morgan fingerprint density at radius 1 is 1.17 bits per heavy atom. The molecule has 134 valence electrons. The van der Waals surface area contributed by atoms with Gasteiger partial charge in [-0.2, -0.15) is 0 Å². The zero-order chi connectivity index (χ0) is 16.5. The Kier molecular flexibility index (Phi) is 3.37. The quantitative estimate of drug-likeness (QED) is 0.569. The molecule has 5 aliphatic rings. The lowest BCUT2D eigenvalue weighted by Crippen LogP contribution is -2.58. The van der Waals surface area contributed by atoms with Gasteiger partial charge in [0.15, 0.2) is 0 Å². The summed E-state index contributed by atoms with van der Waals surface area (Å²) < 4.78 is 17.9. The van der Waals surface area contributed by atoms with Crippen molar-refractivity contribution in [3.8, 4) is 0 Å². The largest absolute Gasteiger partial charge is 0.455 e. The number of esters is 1. The topological polar surface area (TPSA) is 51.3 Å². The van der Waals surface area contributed by atoms with E-state index in [4.69, 9.17) is 14.2 Å². The first-order chi connectivity index (χ1) is 11.5. The van der Waals surface area contributed by atoms with Crippen LogP contribution in [0.15, 0.2) is 0 Å². The third-order valence-electron chi connectivity index (χ3n) is 7.65. The fraction of sp³-hybridized carbons (Fsp3) is 0.947. The highest BCUT2D eigenvalue weighted by Crippen LogP contribution is 2.66. The zero-order valence-corrected chi connectivity index (χ0v) is 14.8. The summed E-state index contributed by atoms with van der Waals surface area (Å²) in [7, 11) is 0. The van der Waals surface area contributed by atoms with E-state index in [1.807, 2.05) is 0 Å². The van der Waals surface area contributed by atoms with Crippen molar-refractivity contribution in [3.63, 3.8) is 0 Å². The van der Waals surface area contributed by atoms with Crippen LogP contribution in [0.5, 0.6) is 0 Å². The van der Waals surface area contributed by atoms with Crippen molar-refractivity contribution < 1.29 is 19.0 Å². The second-order valence-corrected chi connectivity index (χ2v) is 8.91. The molecule has 0 radical (unpaired) electrons. The van der Waals surface area contributed by atoms with E-state index in [1.165, 1.54) is 6.42 Å². The van der Waals surface area contributed by atoms with Crippen molar-refractivity contribution in [1.29, 1.82) is 0 Å². The lowest BCUT2D eigenvalue weighted by molar-refractivity contribution is -0.168. The number of rotatable bonds is 2. The van der Waals surface area contributed by atoms with Gasteiger partial charge in [0.2, 0.25) is 0 Å². The minimum absolute atomic E-state index is 0.0182. The number of carbonyl (C=O) groups excluding carboxylic acids is 1. The molecule has 0 N–H and O–H groups in total. The average molecular weight is 335 g/mol. The molecule has 0 aromatic rings. The number of fused-ring (bicyclic) bond motifs is 1. The summed E-state index contributed by atoms with van der Waals surface area (Å²) in [5.74, 6) is 1.50. The Morgan fingerprint density at radius 3 is 2.75 bits per heavy atom. The number of epoxide rings is 1. The van der Waals surface area contributed by atoms with Crippen LogP contribution in [-0.4, -0.2) is 61.0 Å². The van der Waals surface area contributed by atoms with Crippen molar-refractivity contribution >= 4 is 5.97 Å². The first kappa shape index (κ1) is 15.6. The fourth-order valence-corrected chi connectivity index (χ4v) is 6.32. The predicted molar refractivity (Wildman–Crippen MR) is 87.5 cm³/mol. The van der Waals surface area contributed by atoms with Gasteiger partial charge < -0.3 is 14.2 Å². The van der Waals surface area contributed by atoms with Gasteiger partial charge in [0, 0.05) is 31.5 Å². The van der Waals surface area contributed by atoms with Gasteiger partial charge in [0.25, 0.3) is 0 Å². The van der Waals surface area contributed by atoms with E-state index in [1.54, 1.807) is 0 Å². The molecule has 2 saturated carbocycles. The predicted octanol–water partition coefficient (Wildman–Crippen LogP) is 1.84. The second kappa shape index (κ2) is 5.18. The summed E-state index contributed by atoms with van der Waals surface area (Å²) >= 11 is 0. The summed E-state index contributed by atoms with van der Waals surface area (Å²) in [6.07, 6.45) is 4.72.